The summed E-state index contributed by atoms with van der Waals surface area (Å²) < 4.78 is 31.8. The maximum absolute atomic E-state index is 12.1. The molecule has 0 bridgehead atoms. The summed E-state index contributed by atoms with van der Waals surface area (Å²) in [6, 6.07) is 7.16. The quantitative estimate of drug-likeness (QED) is 0.712. The zero-order valence-electron chi connectivity index (χ0n) is 11.0. The summed E-state index contributed by atoms with van der Waals surface area (Å²) in [5.74, 6) is 0.672. The normalized spacial score (nSPS) is 11.5. The number of hydrogen-bond donors (Lipinski definition) is 3. The van der Waals surface area contributed by atoms with Gasteiger partial charge < -0.3 is 10.5 Å². The molecular formula is C12H16N4O3S. The highest BCUT2D eigenvalue weighted by molar-refractivity contribution is 7.89. The topological polar surface area (TPSA) is 110 Å². The molecule has 7 nitrogen and oxygen atoms in total. The Kier molecular flexibility index (Phi) is 4.38. The van der Waals surface area contributed by atoms with Crippen LogP contribution in [0, 0.1) is 0 Å². The van der Waals surface area contributed by atoms with E-state index in [1.165, 1.54) is 6.20 Å². The molecule has 0 fully saturated rings. The van der Waals surface area contributed by atoms with Crippen molar-refractivity contribution < 1.29 is 13.2 Å². The molecule has 108 valence electrons. The van der Waals surface area contributed by atoms with E-state index in [1.807, 2.05) is 6.07 Å². The summed E-state index contributed by atoms with van der Waals surface area (Å²) in [6.45, 7) is 0.258. The van der Waals surface area contributed by atoms with Crippen molar-refractivity contribution in [2.45, 2.75) is 18.1 Å². The first-order valence-corrected chi connectivity index (χ1v) is 7.40. The second kappa shape index (κ2) is 6.04. The molecule has 0 spiro atoms. The van der Waals surface area contributed by atoms with E-state index in [0.29, 0.717) is 11.3 Å². The molecule has 1 aromatic carbocycles. The van der Waals surface area contributed by atoms with Crippen molar-refractivity contribution >= 4 is 10.0 Å². The molecule has 8 heteroatoms. The van der Waals surface area contributed by atoms with E-state index < -0.39 is 10.0 Å². The summed E-state index contributed by atoms with van der Waals surface area (Å²) in [4.78, 5) is 0. The Labute approximate surface area is 117 Å². The van der Waals surface area contributed by atoms with Gasteiger partial charge in [0.05, 0.1) is 13.3 Å². The van der Waals surface area contributed by atoms with E-state index in [2.05, 4.69) is 14.9 Å². The molecule has 0 aliphatic rings. The third-order valence-electron chi connectivity index (χ3n) is 2.77. The highest BCUT2D eigenvalue weighted by Crippen LogP contribution is 2.14. The lowest BCUT2D eigenvalue weighted by atomic mass is 10.2. The molecule has 0 saturated carbocycles. The second-order valence-electron chi connectivity index (χ2n) is 4.10. The Morgan fingerprint density at radius 1 is 1.45 bits per heavy atom. The maximum Gasteiger partial charge on any atom is 0.258 e. The monoisotopic (exact) mass is 296 g/mol. The van der Waals surface area contributed by atoms with Crippen LogP contribution < -0.4 is 15.2 Å². The Morgan fingerprint density at radius 2 is 2.25 bits per heavy atom. The van der Waals surface area contributed by atoms with Gasteiger partial charge in [-0.25, -0.2) is 13.1 Å². The molecule has 0 amide bonds. The first-order chi connectivity index (χ1) is 9.56. The van der Waals surface area contributed by atoms with E-state index in [4.69, 9.17) is 10.5 Å². The predicted octanol–water partition coefficient (Wildman–Crippen LogP) is 0.356. The Morgan fingerprint density at radius 3 is 2.95 bits per heavy atom. The van der Waals surface area contributed by atoms with Gasteiger partial charge in [-0.15, -0.1) is 0 Å². The number of sulfonamides is 1. The van der Waals surface area contributed by atoms with E-state index in [0.717, 1.165) is 5.56 Å². The van der Waals surface area contributed by atoms with Gasteiger partial charge in [0.15, 0.2) is 5.03 Å². The minimum absolute atomic E-state index is 0.00268. The number of methoxy groups -OCH3 is 1. The van der Waals surface area contributed by atoms with Gasteiger partial charge in [-0.3, -0.25) is 5.10 Å². The number of aromatic amines is 1. The third-order valence-corrected chi connectivity index (χ3v) is 4.18. The smallest absolute Gasteiger partial charge is 0.258 e. The summed E-state index contributed by atoms with van der Waals surface area (Å²) in [5.41, 5.74) is 6.71. The average molecular weight is 296 g/mol. The molecule has 0 radical (unpaired) electrons. The summed E-state index contributed by atoms with van der Waals surface area (Å²) >= 11 is 0. The molecule has 4 N–H and O–H groups in total. The van der Waals surface area contributed by atoms with Crippen LogP contribution in [-0.4, -0.2) is 25.7 Å². The highest BCUT2D eigenvalue weighted by atomic mass is 32.2. The standard InChI is InChI=1S/C12H16N4O3S/c1-19-11-4-2-3-9(5-11)7-15-20(17,18)12-10(6-13)8-14-16-12/h2-5,8,15H,6-7,13H2,1H3,(H,14,16). The van der Waals surface area contributed by atoms with Crippen molar-refractivity contribution in [2.24, 2.45) is 5.73 Å². The van der Waals surface area contributed by atoms with Gasteiger partial charge in [-0.2, -0.15) is 5.10 Å². The minimum Gasteiger partial charge on any atom is -0.497 e. The van der Waals surface area contributed by atoms with E-state index >= 15 is 0 Å². The zero-order valence-corrected chi connectivity index (χ0v) is 11.8. The summed E-state index contributed by atoms with van der Waals surface area (Å²) in [5, 5.41) is 6.15. The number of benzene rings is 1. The molecular weight excluding hydrogens is 280 g/mol. The van der Waals surface area contributed by atoms with Crippen molar-refractivity contribution in [1.82, 2.24) is 14.9 Å². The number of aromatic nitrogens is 2. The van der Waals surface area contributed by atoms with E-state index in [-0.39, 0.29) is 18.1 Å². The van der Waals surface area contributed by atoms with Crippen molar-refractivity contribution in [3.8, 4) is 5.75 Å². The number of H-pyrrole nitrogens is 1. The van der Waals surface area contributed by atoms with Gasteiger partial charge >= 0.3 is 0 Å². The van der Waals surface area contributed by atoms with Crippen LogP contribution in [0.4, 0.5) is 0 Å². The summed E-state index contributed by atoms with van der Waals surface area (Å²) in [6.07, 6.45) is 1.40. The van der Waals surface area contributed by atoms with Crippen LogP contribution >= 0.6 is 0 Å². The second-order valence-corrected chi connectivity index (χ2v) is 5.81. The fourth-order valence-corrected chi connectivity index (χ4v) is 2.87. The lowest BCUT2D eigenvalue weighted by Crippen LogP contribution is -2.25. The molecule has 0 aliphatic heterocycles. The summed E-state index contributed by atoms with van der Waals surface area (Å²) in [7, 11) is -2.11. The van der Waals surface area contributed by atoms with Crippen LogP contribution in [0.1, 0.15) is 11.1 Å². The lowest BCUT2D eigenvalue weighted by Gasteiger charge is -2.07. The SMILES string of the molecule is COc1cccc(CNS(=O)(=O)c2[nH]ncc2CN)c1. The third kappa shape index (κ3) is 3.16. The van der Waals surface area contributed by atoms with E-state index in [9.17, 15) is 8.42 Å². The van der Waals surface area contributed by atoms with Gasteiger partial charge in [-0.05, 0) is 17.7 Å². The number of nitrogens with zero attached hydrogens (tertiary/aromatic N) is 1. The molecule has 2 aromatic rings. The van der Waals surface area contributed by atoms with Gasteiger partial charge in [0.25, 0.3) is 10.0 Å². The van der Waals surface area contributed by atoms with Crippen molar-refractivity contribution in [2.75, 3.05) is 7.11 Å². The molecule has 1 aromatic heterocycles. The van der Waals surface area contributed by atoms with Gasteiger partial charge in [0.1, 0.15) is 5.75 Å². The molecule has 0 atom stereocenters. The van der Waals surface area contributed by atoms with Crippen molar-refractivity contribution in [1.29, 1.82) is 0 Å². The van der Waals surface area contributed by atoms with Crippen LogP contribution in [0.25, 0.3) is 0 Å². The molecule has 0 aliphatic carbocycles. The van der Waals surface area contributed by atoms with Crippen LogP contribution in [0.15, 0.2) is 35.5 Å². The molecule has 20 heavy (non-hydrogen) atoms. The first-order valence-electron chi connectivity index (χ1n) is 5.91. The molecule has 1 heterocycles. The lowest BCUT2D eigenvalue weighted by molar-refractivity contribution is 0.414. The van der Waals surface area contributed by atoms with Crippen molar-refractivity contribution in [3.05, 3.63) is 41.6 Å². The number of ether oxygens (including phenoxy) is 1. The highest BCUT2D eigenvalue weighted by Gasteiger charge is 2.19. The number of hydrogen-bond acceptors (Lipinski definition) is 5. The number of nitrogens with one attached hydrogen (secondary N) is 2. The van der Waals surface area contributed by atoms with Crippen molar-refractivity contribution in [3.63, 3.8) is 0 Å². The Bertz CT molecular complexity index is 682. The zero-order chi connectivity index (χ0) is 14.6. The van der Waals surface area contributed by atoms with Gasteiger partial charge in [-0.1, -0.05) is 12.1 Å². The largest absolute Gasteiger partial charge is 0.497 e. The average Bonchev–Trinajstić information content (AvgIpc) is 2.95. The molecule has 0 saturated heterocycles. The minimum atomic E-state index is -3.67. The number of nitrogens with two attached hydrogens (primary N) is 1. The van der Waals surface area contributed by atoms with Crippen LogP contribution in [0.3, 0.4) is 0 Å². The van der Waals surface area contributed by atoms with Crippen LogP contribution in [0.5, 0.6) is 5.75 Å². The maximum atomic E-state index is 12.1. The number of rotatable bonds is 6. The fraction of sp³-hybridized carbons (Fsp3) is 0.250. The van der Waals surface area contributed by atoms with Gasteiger partial charge in [0, 0.05) is 18.7 Å². The predicted molar refractivity (Wildman–Crippen MR) is 73.5 cm³/mol. The van der Waals surface area contributed by atoms with E-state index in [1.54, 1.807) is 25.3 Å². The fourth-order valence-electron chi connectivity index (χ4n) is 1.71. The molecule has 0 unspecified atom stereocenters. The molecule has 2 rings (SSSR count). The first kappa shape index (κ1) is 14.5. The Balaban J connectivity index is 2.13. The Hall–Kier alpha value is -1.90. The van der Waals surface area contributed by atoms with Gasteiger partial charge in [0.2, 0.25) is 0 Å². The van der Waals surface area contributed by atoms with Crippen LogP contribution in [0.2, 0.25) is 0 Å². The van der Waals surface area contributed by atoms with Crippen LogP contribution in [-0.2, 0) is 23.1 Å².